The summed E-state index contributed by atoms with van der Waals surface area (Å²) in [7, 11) is 4.26. The molecule has 0 saturated carbocycles. The first-order valence-electron chi connectivity index (χ1n) is 13.2. The number of benzene rings is 1. The number of hydrogen-bond acceptors (Lipinski definition) is 7. The third kappa shape index (κ3) is 3.69. The molecule has 0 aliphatic carbocycles. The Morgan fingerprint density at radius 1 is 1.03 bits per heavy atom. The molecule has 37 heavy (non-hydrogen) atoms. The van der Waals surface area contributed by atoms with E-state index in [1.165, 1.54) is 0 Å². The van der Waals surface area contributed by atoms with Crippen LogP contribution < -0.4 is 15.6 Å². The highest BCUT2D eigenvalue weighted by Crippen LogP contribution is 2.32. The monoisotopic (exact) mass is 500 g/mol. The van der Waals surface area contributed by atoms with E-state index in [0.717, 1.165) is 63.1 Å². The minimum atomic E-state index is -0.342. The van der Waals surface area contributed by atoms with Crippen LogP contribution in [0.3, 0.4) is 0 Å². The second-order valence-electron chi connectivity index (χ2n) is 11.1. The van der Waals surface area contributed by atoms with Gasteiger partial charge in [0.1, 0.15) is 11.2 Å². The van der Waals surface area contributed by atoms with Gasteiger partial charge in [0, 0.05) is 38.4 Å². The molecule has 0 radical (unpaired) electrons. The Balaban J connectivity index is 1.35. The van der Waals surface area contributed by atoms with Crippen molar-refractivity contribution in [2.24, 2.45) is 11.8 Å². The predicted octanol–water partition coefficient (Wildman–Crippen LogP) is 1.55. The van der Waals surface area contributed by atoms with Crippen molar-refractivity contribution in [3.63, 3.8) is 0 Å². The van der Waals surface area contributed by atoms with E-state index < -0.39 is 0 Å². The molecule has 10 nitrogen and oxygen atoms in total. The summed E-state index contributed by atoms with van der Waals surface area (Å²) in [6, 6.07) is 7.89. The molecule has 2 unspecified atom stereocenters. The van der Waals surface area contributed by atoms with Gasteiger partial charge in [0.2, 0.25) is 11.4 Å². The van der Waals surface area contributed by atoms with Crippen LogP contribution in [0, 0.1) is 11.8 Å². The normalized spacial score (nSPS) is 23.5. The fraction of sp³-hybridized carbons (Fsp3) is 0.481. The van der Waals surface area contributed by atoms with E-state index in [1.807, 2.05) is 28.7 Å². The number of amides is 1. The molecule has 10 heteroatoms. The number of rotatable bonds is 3. The molecule has 3 fully saturated rings. The fourth-order valence-corrected chi connectivity index (χ4v) is 6.57. The van der Waals surface area contributed by atoms with Crippen molar-refractivity contribution >= 4 is 39.6 Å². The van der Waals surface area contributed by atoms with Crippen molar-refractivity contribution in [1.29, 1.82) is 0 Å². The first-order valence-corrected chi connectivity index (χ1v) is 13.2. The number of imidazole rings is 1. The van der Waals surface area contributed by atoms with Gasteiger partial charge in [0.05, 0.1) is 16.4 Å². The fourth-order valence-electron chi connectivity index (χ4n) is 6.57. The molecule has 2 N–H and O–H groups in total. The molecule has 3 saturated heterocycles. The maximum Gasteiger partial charge on any atom is 0.259 e. The SMILES string of the molecule is CN1CCC(NC(=O)c2c(=O)c3cnc(N4CC5CN(C)CC5C4)nc3n3c2[nH]c2ccccc23)CC1. The Kier molecular flexibility index (Phi) is 5.23. The number of carbonyl (C=O) groups excluding carboxylic acids is 1. The number of aromatic nitrogens is 4. The van der Waals surface area contributed by atoms with Crippen LogP contribution in [0.4, 0.5) is 5.95 Å². The van der Waals surface area contributed by atoms with Crippen molar-refractivity contribution in [2.75, 3.05) is 58.3 Å². The predicted molar refractivity (Wildman–Crippen MR) is 143 cm³/mol. The van der Waals surface area contributed by atoms with Crippen LogP contribution in [-0.2, 0) is 0 Å². The molecule has 1 aromatic carbocycles. The molecule has 2 atom stereocenters. The lowest BCUT2D eigenvalue weighted by Gasteiger charge is -2.29. The van der Waals surface area contributed by atoms with Gasteiger partial charge in [-0.2, -0.15) is 4.98 Å². The summed E-state index contributed by atoms with van der Waals surface area (Å²) in [5, 5.41) is 3.49. The Morgan fingerprint density at radius 2 is 1.76 bits per heavy atom. The Labute approximate surface area is 214 Å². The first kappa shape index (κ1) is 22.7. The zero-order valence-corrected chi connectivity index (χ0v) is 21.3. The molecule has 0 spiro atoms. The number of hydrogen-bond donors (Lipinski definition) is 2. The summed E-state index contributed by atoms with van der Waals surface area (Å²) in [5.74, 6) is 1.54. The highest BCUT2D eigenvalue weighted by Gasteiger charge is 2.39. The smallest absolute Gasteiger partial charge is 0.259 e. The molecule has 0 bridgehead atoms. The number of pyridine rings is 1. The molecule has 4 aromatic rings. The van der Waals surface area contributed by atoms with E-state index >= 15 is 0 Å². The number of carbonyl (C=O) groups is 1. The van der Waals surface area contributed by atoms with Gasteiger partial charge in [-0.15, -0.1) is 0 Å². The molecule has 7 rings (SSSR count). The standard InChI is InChI=1S/C27H32N8O2/c1-32-9-7-18(8-10-32)29-26(37)22-23(36)19-11-28-27(34-14-16-12-33(2)13-17(16)15-34)31-24(19)35-21-6-4-3-5-20(21)30-25(22)35/h3-6,11,16-18,30H,7-10,12-15H2,1-2H3,(H,29,37). The van der Waals surface area contributed by atoms with E-state index in [4.69, 9.17) is 4.98 Å². The van der Waals surface area contributed by atoms with Crippen molar-refractivity contribution < 1.29 is 4.79 Å². The number of piperidine rings is 1. The Bertz CT molecular complexity index is 1570. The largest absolute Gasteiger partial charge is 0.349 e. The van der Waals surface area contributed by atoms with Crippen LogP contribution in [0.2, 0.25) is 0 Å². The molecular weight excluding hydrogens is 468 g/mol. The number of nitrogens with one attached hydrogen (secondary N) is 2. The number of likely N-dealkylation sites (tertiary alicyclic amines) is 2. The van der Waals surface area contributed by atoms with E-state index in [0.29, 0.717) is 34.5 Å². The minimum absolute atomic E-state index is 0.0514. The molecule has 3 aromatic heterocycles. The van der Waals surface area contributed by atoms with Gasteiger partial charge in [-0.05, 0) is 64.0 Å². The molecule has 1 amide bonds. The van der Waals surface area contributed by atoms with E-state index in [-0.39, 0.29) is 22.9 Å². The third-order valence-corrected chi connectivity index (χ3v) is 8.53. The van der Waals surface area contributed by atoms with Crippen molar-refractivity contribution in [2.45, 2.75) is 18.9 Å². The third-order valence-electron chi connectivity index (χ3n) is 8.53. The van der Waals surface area contributed by atoms with Crippen LogP contribution in [0.5, 0.6) is 0 Å². The zero-order valence-electron chi connectivity index (χ0n) is 21.3. The van der Waals surface area contributed by atoms with E-state index in [2.05, 4.69) is 44.1 Å². The number of anilines is 1. The van der Waals surface area contributed by atoms with E-state index in [1.54, 1.807) is 6.20 Å². The molecular formula is C27H32N8O2. The second kappa shape index (κ2) is 8.53. The quantitative estimate of drug-likeness (QED) is 0.440. The number of fused-ring (bicyclic) bond motifs is 6. The summed E-state index contributed by atoms with van der Waals surface area (Å²) in [5.41, 5.74) is 2.53. The zero-order chi connectivity index (χ0) is 25.3. The molecule has 3 aliphatic heterocycles. The molecule has 192 valence electrons. The van der Waals surface area contributed by atoms with Gasteiger partial charge >= 0.3 is 0 Å². The summed E-state index contributed by atoms with van der Waals surface area (Å²) in [6.45, 7) is 5.88. The summed E-state index contributed by atoms with van der Waals surface area (Å²) in [6.07, 6.45) is 3.35. The molecule has 6 heterocycles. The van der Waals surface area contributed by atoms with Gasteiger partial charge in [-0.25, -0.2) is 4.98 Å². The minimum Gasteiger partial charge on any atom is -0.349 e. The topological polar surface area (TPSA) is 102 Å². The highest BCUT2D eigenvalue weighted by molar-refractivity contribution is 6.05. The van der Waals surface area contributed by atoms with Crippen molar-refractivity contribution in [3.8, 4) is 0 Å². The molecule has 3 aliphatic rings. The van der Waals surface area contributed by atoms with Crippen LogP contribution in [0.1, 0.15) is 23.2 Å². The maximum absolute atomic E-state index is 13.8. The summed E-state index contributed by atoms with van der Waals surface area (Å²) < 4.78 is 1.92. The number of H-pyrrole nitrogens is 1. The Morgan fingerprint density at radius 3 is 2.51 bits per heavy atom. The van der Waals surface area contributed by atoms with Crippen LogP contribution in [0.15, 0.2) is 35.3 Å². The number of aromatic amines is 1. The lowest BCUT2D eigenvalue weighted by Crippen LogP contribution is -2.44. The van der Waals surface area contributed by atoms with Crippen molar-refractivity contribution in [3.05, 3.63) is 46.2 Å². The summed E-state index contributed by atoms with van der Waals surface area (Å²) in [4.78, 5) is 47.1. The van der Waals surface area contributed by atoms with Gasteiger partial charge < -0.3 is 25.0 Å². The van der Waals surface area contributed by atoms with Gasteiger partial charge in [-0.1, -0.05) is 12.1 Å². The maximum atomic E-state index is 13.8. The lowest BCUT2D eigenvalue weighted by atomic mass is 10.0. The lowest BCUT2D eigenvalue weighted by molar-refractivity contribution is 0.0917. The van der Waals surface area contributed by atoms with Gasteiger partial charge in [0.15, 0.2) is 5.65 Å². The summed E-state index contributed by atoms with van der Waals surface area (Å²) >= 11 is 0. The van der Waals surface area contributed by atoms with Crippen molar-refractivity contribution in [1.82, 2.24) is 34.5 Å². The van der Waals surface area contributed by atoms with Crippen LogP contribution >= 0.6 is 0 Å². The van der Waals surface area contributed by atoms with E-state index in [9.17, 15) is 9.59 Å². The highest BCUT2D eigenvalue weighted by atomic mass is 16.2. The van der Waals surface area contributed by atoms with Gasteiger partial charge in [0.25, 0.3) is 5.91 Å². The average Bonchev–Trinajstić information content (AvgIpc) is 3.56. The van der Waals surface area contributed by atoms with Crippen LogP contribution in [-0.4, -0.2) is 94.5 Å². The first-order chi connectivity index (χ1) is 18.0. The van der Waals surface area contributed by atoms with Crippen LogP contribution in [0.25, 0.3) is 27.7 Å². The Hall–Kier alpha value is -3.50. The number of para-hydroxylation sites is 2. The average molecular weight is 501 g/mol. The van der Waals surface area contributed by atoms with Gasteiger partial charge in [-0.3, -0.25) is 14.0 Å². The number of nitrogens with zero attached hydrogens (tertiary/aromatic N) is 6. The second-order valence-corrected chi connectivity index (χ2v) is 11.1.